The minimum absolute atomic E-state index is 0.165. The van der Waals surface area contributed by atoms with E-state index in [1.54, 1.807) is 0 Å². The molecule has 7 heteroatoms. The number of aliphatic carboxylic acids is 1. The van der Waals surface area contributed by atoms with Gasteiger partial charge in [-0.3, -0.25) is 0 Å². The van der Waals surface area contributed by atoms with Crippen molar-refractivity contribution < 1.29 is 28.7 Å². The predicted molar refractivity (Wildman–Crippen MR) is 40.2 cm³/mol. The van der Waals surface area contributed by atoms with Gasteiger partial charge in [-0.05, 0) is 0 Å². The van der Waals surface area contributed by atoms with Gasteiger partial charge >= 0.3 is 0 Å². The van der Waals surface area contributed by atoms with Crippen molar-refractivity contribution in [2.45, 2.75) is 12.1 Å². The Kier molecular flexibility index (Phi) is 2.89. The SMILES string of the molecule is O=C([O-])C[NH2+][C@@H]1CS(=O)(=O)C[C@@H]1O. The van der Waals surface area contributed by atoms with Gasteiger partial charge in [-0.2, -0.15) is 0 Å². The fourth-order valence-electron chi connectivity index (χ4n) is 1.33. The summed E-state index contributed by atoms with van der Waals surface area (Å²) >= 11 is 0. The number of carbonyl (C=O) groups excluding carboxylic acids is 1. The number of carbonyl (C=O) groups is 1. The molecular formula is C6H11NO5S. The Labute approximate surface area is 75.5 Å². The summed E-state index contributed by atoms with van der Waals surface area (Å²) in [6.45, 7) is -0.322. The molecule has 1 aliphatic rings. The molecule has 0 bridgehead atoms. The van der Waals surface area contributed by atoms with E-state index in [2.05, 4.69) is 0 Å². The smallest absolute Gasteiger partial charge is 0.159 e. The van der Waals surface area contributed by atoms with E-state index in [1.165, 1.54) is 5.32 Å². The lowest BCUT2D eigenvalue weighted by atomic mass is 10.2. The summed E-state index contributed by atoms with van der Waals surface area (Å²) in [5, 5.41) is 20.5. The maximum Gasteiger partial charge on any atom is 0.159 e. The molecule has 1 aliphatic heterocycles. The zero-order valence-corrected chi connectivity index (χ0v) is 7.66. The van der Waals surface area contributed by atoms with Crippen molar-refractivity contribution in [3.63, 3.8) is 0 Å². The van der Waals surface area contributed by atoms with E-state index in [9.17, 15) is 23.4 Å². The molecule has 0 amide bonds. The molecule has 1 rings (SSSR count). The van der Waals surface area contributed by atoms with Crippen LogP contribution in [-0.2, 0) is 14.6 Å². The van der Waals surface area contributed by atoms with Gasteiger partial charge in [0.2, 0.25) is 0 Å². The first-order chi connectivity index (χ1) is 5.91. The second-order valence-electron chi connectivity index (χ2n) is 3.12. The third-order valence-electron chi connectivity index (χ3n) is 1.95. The van der Waals surface area contributed by atoms with Crippen molar-refractivity contribution >= 4 is 15.8 Å². The van der Waals surface area contributed by atoms with Gasteiger partial charge in [-0.25, -0.2) is 8.42 Å². The van der Waals surface area contributed by atoms with Crippen molar-refractivity contribution in [1.29, 1.82) is 0 Å². The lowest BCUT2D eigenvalue weighted by molar-refractivity contribution is -0.685. The van der Waals surface area contributed by atoms with Crippen LogP contribution in [-0.4, -0.2) is 49.7 Å². The zero-order chi connectivity index (χ0) is 10.1. The minimum Gasteiger partial charge on any atom is -0.544 e. The predicted octanol–water partition coefficient (Wildman–Crippen LogP) is -4.54. The molecule has 1 saturated heterocycles. The summed E-state index contributed by atoms with van der Waals surface area (Å²) in [5.41, 5.74) is 0. The Morgan fingerprint density at radius 2 is 2.15 bits per heavy atom. The monoisotopic (exact) mass is 209 g/mol. The summed E-state index contributed by atoms with van der Waals surface area (Å²) < 4.78 is 21.9. The molecule has 0 radical (unpaired) electrons. The Morgan fingerprint density at radius 3 is 2.54 bits per heavy atom. The van der Waals surface area contributed by atoms with Gasteiger partial charge in [0, 0.05) is 0 Å². The minimum atomic E-state index is -3.19. The molecule has 1 fully saturated rings. The third-order valence-corrected chi connectivity index (χ3v) is 3.69. The molecule has 0 aromatic heterocycles. The van der Waals surface area contributed by atoms with Crippen LogP contribution >= 0.6 is 0 Å². The van der Waals surface area contributed by atoms with Gasteiger partial charge in [-0.1, -0.05) is 0 Å². The first-order valence-corrected chi connectivity index (χ1v) is 5.64. The van der Waals surface area contributed by atoms with Gasteiger partial charge < -0.3 is 20.3 Å². The van der Waals surface area contributed by atoms with Crippen molar-refractivity contribution in [2.75, 3.05) is 18.1 Å². The highest BCUT2D eigenvalue weighted by molar-refractivity contribution is 7.91. The molecule has 0 saturated carbocycles. The quantitative estimate of drug-likeness (QED) is 0.486. The Morgan fingerprint density at radius 1 is 1.54 bits per heavy atom. The lowest BCUT2D eigenvalue weighted by Gasteiger charge is -2.11. The largest absolute Gasteiger partial charge is 0.544 e. The van der Waals surface area contributed by atoms with Crippen LogP contribution in [0.25, 0.3) is 0 Å². The summed E-state index contributed by atoms with van der Waals surface area (Å²) in [7, 11) is -3.19. The fraction of sp³-hybridized carbons (Fsp3) is 0.833. The van der Waals surface area contributed by atoms with Gasteiger partial charge in [0.05, 0.1) is 11.7 Å². The van der Waals surface area contributed by atoms with Crippen LogP contribution in [0.3, 0.4) is 0 Å². The van der Waals surface area contributed by atoms with Gasteiger partial charge in [0.25, 0.3) is 0 Å². The molecule has 0 spiro atoms. The van der Waals surface area contributed by atoms with Crippen molar-refractivity contribution in [2.24, 2.45) is 0 Å². The van der Waals surface area contributed by atoms with E-state index in [0.717, 1.165) is 0 Å². The Balaban J connectivity index is 2.49. The van der Waals surface area contributed by atoms with Crippen LogP contribution in [0.4, 0.5) is 0 Å². The topological polar surface area (TPSA) is 111 Å². The van der Waals surface area contributed by atoms with E-state index in [1.807, 2.05) is 0 Å². The molecule has 0 aromatic carbocycles. The number of hydrogen-bond donors (Lipinski definition) is 2. The Hall–Kier alpha value is -0.660. The molecule has 76 valence electrons. The highest BCUT2D eigenvalue weighted by Gasteiger charge is 2.38. The van der Waals surface area contributed by atoms with E-state index in [4.69, 9.17) is 0 Å². The number of sulfone groups is 1. The molecule has 6 nitrogen and oxygen atoms in total. The third kappa shape index (κ3) is 2.94. The van der Waals surface area contributed by atoms with Gasteiger partial charge in [0.15, 0.2) is 9.84 Å². The maximum atomic E-state index is 11.0. The molecule has 3 N–H and O–H groups in total. The number of nitrogens with two attached hydrogens (primary N) is 1. The first-order valence-electron chi connectivity index (χ1n) is 3.82. The normalized spacial score (nSPS) is 31.8. The summed E-state index contributed by atoms with van der Waals surface area (Å²) in [6.07, 6.45) is -0.968. The van der Waals surface area contributed by atoms with Crippen molar-refractivity contribution in [1.82, 2.24) is 0 Å². The van der Waals surface area contributed by atoms with Gasteiger partial charge in [-0.15, -0.1) is 0 Å². The zero-order valence-electron chi connectivity index (χ0n) is 6.84. The number of aliphatic hydroxyl groups excluding tert-OH is 1. The van der Waals surface area contributed by atoms with Crippen LogP contribution in [0.2, 0.25) is 0 Å². The number of aliphatic hydroxyl groups is 1. The molecule has 0 unspecified atom stereocenters. The van der Waals surface area contributed by atoms with Crippen LogP contribution in [0, 0.1) is 0 Å². The number of quaternary nitrogens is 1. The lowest BCUT2D eigenvalue weighted by Crippen LogP contribution is -2.94. The summed E-state index contributed by atoms with van der Waals surface area (Å²) in [4.78, 5) is 10.1. The molecule has 2 atom stereocenters. The molecule has 13 heavy (non-hydrogen) atoms. The highest BCUT2D eigenvalue weighted by Crippen LogP contribution is 2.08. The van der Waals surface area contributed by atoms with E-state index in [0.29, 0.717) is 0 Å². The molecule has 1 heterocycles. The van der Waals surface area contributed by atoms with E-state index in [-0.39, 0.29) is 18.1 Å². The van der Waals surface area contributed by atoms with Crippen LogP contribution < -0.4 is 10.4 Å². The van der Waals surface area contributed by atoms with Crippen molar-refractivity contribution in [3.8, 4) is 0 Å². The average molecular weight is 209 g/mol. The van der Waals surface area contributed by atoms with E-state index >= 15 is 0 Å². The molecular weight excluding hydrogens is 198 g/mol. The van der Waals surface area contributed by atoms with Crippen LogP contribution in [0.5, 0.6) is 0 Å². The van der Waals surface area contributed by atoms with E-state index < -0.39 is 28.0 Å². The Bertz CT molecular complexity index is 298. The number of carboxylic acids is 1. The number of carboxylic acid groups (broad SMARTS) is 1. The standard InChI is InChI=1S/C6H11NO5S/c8-5-3-13(11,12)2-4(5)7-1-6(9)10/h4-5,7-8H,1-3H2,(H,9,10)/t4-,5+/m1/s1. The fourth-order valence-corrected chi connectivity index (χ4v) is 3.18. The summed E-state index contributed by atoms with van der Waals surface area (Å²) in [5.74, 6) is -1.71. The highest BCUT2D eigenvalue weighted by atomic mass is 32.2. The molecule has 0 aromatic rings. The average Bonchev–Trinajstić information content (AvgIpc) is 2.20. The summed E-state index contributed by atoms with van der Waals surface area (Å²) in [6, 6.07) is -0.567. The molecule has 0 aliphatic carbocycles. The van der Waals surface area contributed by atoms with Crippen molar-refractivity contribution in [3.05, 3.63) is 0 Å². The number of rotatable bonds is 3. The number of hydrogen-bond acceptors (Lipinski definition) is 5. The van der Waals surface area contributed by atoms with Gasteiger partial charge in [0.1, 0.15) is 24.4 Å². The maximum absolute atomic E-state index is 11.0. The van der Waals surface area contributed by atoms with Crippen LogP contribution in [0.15, 0.2) is 0 Å². The second kappa shape index (κ2) is 3.60. The second-order valence-corrected chi connectivity index (χ2v) is 5.27. The first kappa shape index (κ1) is 10.4. The van der Waals surface area contributed by atoms with Crippen LogP contribution in [0.1, 0.15) is 0 Å².